The molecule has 0 amide bonds. The first-order valence-corrected chi connectivity index (χ1v) is 7.24. The molecule has 1 aromatic carbocycles. The van der Waals surface area contributed by atoms with Crippen LogP contribution in [0, 0.1) is 0 Å². The quantitative estimate of drug-likeness (QED) is 0.791. The van der Waals surface area contributed by atoms with Crippen LogP contribution >= 0.6 is 11.6 Å². The predicted molar refractivity (Wildman–Crippen MR) is 75.1 cm³/mol. The minimum atomic E-state index is -0.305. The van der Waals surface area contributed by atoms with Crippen molar-refractivity contribution in [1.82, 2.24) is 4.90 Å². The molecule has 102 valence electrons. The fraction of sp³-hybridized carbons (Fsp3) is 0.533. The fourth-order valence-corrected chi connectivity index (χ4v) is 3.19. The summed E-state index contributed by atoms with van der Waals surface area (Å²) < 4.78 is 6.17. The van der Waals surface area contributed by atoms with Gasteiger partial charge in [-0.25, -0.2) is 0 Å². The summed E-state index contributed by atoms with van der Waals surface area (Å²) in [5.74, 6) is 0.844. The number of carbonyl (C=O) groups excluding carboxylic acids is 1. The molecule has 1 spiro atoms. The van der Waals surface area contributed by atoms with Crippen LogP contribution in [0.5, 0.6) is 5.75 Å². The van der Waals surface area contributed by atoms with Gasteiger partial charge in [0.25, 0.3) is 0 Å². The van der Waals surface area contributed by atoms with E-state index in [0.29, 0.717) is 22.8 Å². The zero-order valence-electron chi connectivity index (χ0n) is 11.1. The van der Waals surface area contributed by atoms with E-state index < -0.39 is 0 Å². The number of Topliss-reactive ketones (excluding diaryl/α,β-unsaturated/α-hetero) is 1. The third-order valence-electron chi connectivity index (χ3n) is 4.27. The van der Waals surface area contributed by atoms with Gasteiger partial charge in [0.2, 0.25) is 0 Å². The van der Waals surface area contributed by atoms with Gasteiger partial charge in [-0.2, -0.15) is 0 Å². The Labute approximate surface area is 118 Å². The first kappa shape index (κ1) is 12.9. The van der Waals surface area contributed by atoms with Crippen molar-refractivity contribution in [2.45, 2.75) is 31.8 Å². The van der Waals surface area contributed by atoms with Gasteiger partial charge in [-0.05, 0) is 24.7 Å². The van der Waals surface area contributed by atoms with Crippen molar-refractivity contribution in [2.24, 2.45) is 0 Å². The van der Waals surface area contributed by atoms with Gasteiger partial charge in [-0.15, -0.1) is 0 Å². The average molecular weight is 280 g/mol. The molecule has 0 aromatic heterocycles. The minimum Gasteiger partial charge on any atom is -0.486 e. The largest absolute Gasteiger partial charge is 0.486 e. The van der Waals surface area contributed by atoms with Crippen LogP contribution in [-0.4, -0.2) is 35.9 Å². The number of nitrogens with zero attached hydrogens (tertiary/aromatic N) is 1. The van der Waals surface area contributed by atoms with Gasteiger partial charge in [0.15, 0.2) is 5.78 Å². The molecule has 19 heavy (non-hydrogen) atoms. The molecular weight excluding hydrogens is 262 g/mol. The first-order chi connectivity index (χ1) is 9.12. The Morgan fingerprint density at radius 1 is 1.37 bits per heavy atom. The molecular formula is C15H18ClNO2. The third kappa shape index (κ3) is 2.37. The second-order valence-corrected chi connectivity index (χ2v) is 5.90. The van der Waals surface area contributed by atoms with Gasteiger partial charge in [0, 0.05) is 31.0 Å². The summed E-state index contributed by atoms with van der Waals surface area (Å²) in [6.45, 7) is 5.23. The number of piperidine rings is 1. The Balaban J connectivity index is 1.86. The van der Waals surface area contributed by atoms with Crippen molar-refractivity contribution in [3.63, 3.8) is 0 Å². The van der Waals surface area contributed by atoms with Crippen molar-refractivity contribution in [2.75, 3.05) is 19.6 Å². The summed E-state index contributed by atoms with van der Waals surface area (Å²) in [5.41, 5.74) is 0.369. The molecule has 2 aliphatic heterocycles. The van der Waals surface area contributed by atoms with Crippen LogP contribution < -0.4 is 4.74 Å². The molecule has 0 aliphatic carbocycles. The van der Waals surface area contributed by atoms with E-state index >= 15 is 0 Å². The van der Waals surface area contributed by atoms with Gasteiger partial charge in [-0.1, -0.05) is 18.5 Å². The zero-order chi connectivity index (χ0) is 13.5. The predicted octanol–water partition coefficient (Wildman–Crippen LogP) is 3.16. The molecule has 2 aliphatic rings. The minimum absolute atomic E-state index is 0.183. The lowest BCUT2D eigenvalue weighted by atomic mass is 9.82. The van der Waals surface area contributed by atoms with E-state index in [9.17, 15) is 4.79 Å². The van der Waals surface area contributed by atoms with Gasteiger partial charge >= 0.3 is 0 Å². The average Bonchev–Trinajstić information content (AvgIpc) is 2.39. The third-order valence-corrected chi connectivity index (χ3v) is 4.50. The molecule has 3 rings (SSSR count). The molecule has 0 atom stereocenters. The van der Waals surface area contributed by atoms with E-state index in [4.69, 9.17) is 16.3 Å². The van der Waals surface area contributed by atoms with Crippen LogP contribution in [0.3, 0.4) is 0 Å². The molecule has 1 aromatic rings. The number of carbonyl (C=O) groups is 1. The summed E-state index contributed by atoms with van der Waals surface area (Å²) in [6, 6.07) is 5.29. The number of benzene rings is 1. The highest BCUT2D eigenvalue weighted by Crippen LogP contribution is 2.40. The Bertz CT molecular complexity index is 507. The van der Waals surface area contributed by atoms with Crippen LogP contribution in [-0.2, 0) is 0 Å². The topological polar surface area (TPSA) is 29.5 Å². The molecule has 0 bridgehead atoms. The highest BCUT2D eigenvalue weighted by atomic mass is 35.5. The molecule has 4 heteroatoms. The van der Waals surface area contributed by atoms with Crippen molar-refractivity contribution >= 4 is 17.4 Å². The number of ketones is 1. The number of halogens is 1. The smallest absolute Gasteiger partial charge is 0.170 e. The lowest BCUT2D eigenvalue weighted by Crippen LogP contribution is -2.50. The summed E-state index contributed by atoms with van der Waals surface area (Å²) in [5, 5.41) is 0.620. The first-order valence-electron chi connectivity index (χ1n) is 6.86. The van der Waals surface area contributed by atoms with Crippen LogP contribution in [0.4, 0.5) is 0 Å². The highest BCUT2D eigenvalue weighted by Gasteiger charge is 2.42. The van der Waals surface area contributed by atoms with E-state index in [1.807, 2.05) is 0 Å². The van der Waals surface area contributed by atoms with Crippen molar-refractivity contribution in [1.29, 1.82) is 0 Å². The van der Waals surface area contributed by atoms with Gasteiger partial charge in [0.1, 0.15) is 11.4 Å². The number of ether oxygens (including phenoxy) is 1. The van der Waals surface area contributed by atoms with Crippen LogP contribution in [0.2, 0.25) is 5.02 Å². The van der Waals surface area contributed by atoms with Gasteiger partial charge < -0.3 is 9.64 Å². The molecule has 2 heterocycles. The van der Waals surface area contributed by atoms with Crippen LogP contribution in [0.1, 0.15) is 36.5 Å². The zero-order valence-corrected chi connectivity index (χ0v) is 11.9. The summed E-state index contributed by atoms with van der Waals surface area (Å²) in [6.07, 6.45) is 2.33. The van der Waals surface area contributed by atoms with Crippen LogP contribution in [0.25, 0.3) is 0 Å². The van der Waals surface area contributed by atoms with E-state index in [0.717, 1.165) is 32.5 Å². The summed E-state index contributed by atoms with van der Waals surface area (Å²) >= 11 is 6.00. The van der Waals surface area contributed by atoms with E-state index in [1.165, 1.54) is 0 Å². The lowest BCUT2D eigenvalue weighted by Gasteiger charge is -2.43. The van der Waals surface area contributed by atoms with Gasteiger partial charge in [-0.3, -0.25) is 4.79 Å². The standard InChI is InChI=1S/C15H18ClNO2/c1-2-17-7-5-15(6-8-17)10-13(18)12-4-3-11(16)9-14(12)19-15/h3-4,9H,2,5-8,10H2,1H3. The molecule has 0 N–H and O–H groups in total. The number of rotatable bonds is 1. The second kappa shape index (κ2) is 4.80. The Morgan fingerprint density at radius 2 is 2.11 bits per heavy atom. The number of likely N-dealkylation sites (tertiary alicyclic amines) is 1. The maximum Gasteiger partial charge on any atom is 0.170 e. The molecule has 1 saturated heterocycles. The molecule has 0 radical (unpaired) electrons. The monoisotopic (exact) mass is 279 g/mol. The number of hydrogen-bond donors (Lipinski definition) is 0. The maximum atomic E-state index is 12.3. The van der Waals surface area contributed by atoms with E-state index in [1.54, 1.807) is 18.2 Å². The van der Waals surface area contributed by atoms with Gasteiger partial charge in [0.05, 0.1) is 12.0 Å². The Morgan fingerprint density at radius 3 is 2.79 bits per heavy atom. The van der Waals surface area contributed by atoms with Crippen molar-refractivity contribution in [3.05, 3.63) is 28.8 Å². The number of hydrogen-bond acceptors (Lipinski definition) is 3. The van der Waals surface area contributed by atoms with Crippen molar-refractivity contribution in [3.8, 4) is 5.75 Å². The molecule has 1 fully saturated rings. The van der Waals surface area contributed by atoms with Crippen molar-refractivity contribution < 1.29 is 9.53 Å². The lowest BCUT2D eigenvalue weighted by molar-refractivity contribution is -0.00779. The summed E-state index contributed by atoms with van der Waals surface area (Å²) in [7, 11) is 0. The Hall–Kier alpha value is -1.06. The molecule has 0 saturated carbocycles. The van der Waals surface area contributed by atoms with Crippen LogP contribution in [0.15, 0.2) is 18.2 Å². The Kier molecular flexibility index (Phi) is 3.27. The fourth-order valence-electron chi connectivity index (χ4n) is 3.02. The highest BCUT2D eigenvalue weighted by molar-refractivity contribution is 6.30. The van der Waals surface area contributed by atoms with E-state index in [-0.39, 0.29) is 11.4 Å². The molecule has 3 nitrogen and oxygen atoms in total. The SMILES string of the molecule is CCN1CCC2(CC1)CC(=O)c1ccc(Cl)cc1O2. The summed E-state index contributed by atoms with van der Waals surface area (Å²) in [4.78, 5) is 14.7. The maximum absolute atomic E-state index is 12.3. The number of fused-ring (bicyclic) bond motifs is 1. The second-order valence-electron chi connectivity index (χ2n) is 5.46. The molecule has 0 unspecified atom stereocenters. The van der Waals surface area contributed by atoms with E-state index in [2.05, 4.69) is 11.8 Å². The normalized spacial score (nSPS) is 22.1.